The largest absolute Gasteiger partial charge is 0.444 e. The van der Waals surface area contributed by atoms with Crippen LogP contribution in [0.3, 0.4) is 0 Å². The molecule has 372 valence electrons. The van der Waals surface area contributed by atoms with Crippen LogP contribution in [0.5, 0.6) is 0 Å². The molecule has 0 aliphatic carbocycles. The van der Waals surface area contributed by atoms with Crippen molar-refractivity contribution in [2.75, 3.05) is 36.0 Å². The van der Waals surface area contributed by atoms with E-state index >= 15 is 8.78 Å². The van der Waals surface area contributed by atoms with Crippen LogP contribution < -0.4 is 9.80 Å². The second-order valence-corrected chi connectivity index (χ2v) is 21.9. The van der Waals surface area contributed by atoms with E-state index in [9.17, 15) is 9.59 Å². The molecule has 0 radical (unpaired) electrons. The lowest BCUT2D eigenvalue weighted by Crippen LogP contribution is -2.43. The molecule has 13 heteroatoms. The van der Waals surface area contributed by atoms with E-state index in [1.165, 1.54) is 17.7 Å². The van der Waals surface area contributed by atoms with Gasteiger partial charge < -0.3 is 24.3 Å². The van der Waals surface area contributed by atoms with Crippen molar-refractivity contribution >= 4 is 35.0 Å². The second-order valence-electron chi connectivity index (χ2n) is 21.9. The Morgan fingerprint density at radius 1 is 0.634 bits per heavy atom. The van der Waals surface area contributed by atoms with E-state index in [1.54, 1.807) is 4.90 Å². The number of aliphatic imine (C=N–C) groups is 1. The van der Waals surface area contributed by atoms with Gasteiger partial charge in [-0.15, -0.1) is 0 Å². The first kappa shape index (κ1) is 48.1. The third kappa shape index (κ3) is 10.3. The summed E-state index contributed by atoms with van der Waals surface area (Å²) in [6.07, 6.45) is 10.6. The number of piperidine rings is 1. The molecular weight excluding hydrogens is 897 g/mol. The Morgan fingerprint density at radius 3 is 1.76 bits per heavy atom. The molecule has 4 fully saturated rings. The summed E-state index contributed by atoms with van der Waals surface area (Å²) >= 11 is 0. The van der Waals surface area contributed by atoms with E-state index in [1.807, 2.05) is 75.7 Å². The molecule has 0 saturated carbocycles. The highest BCUT2D eigenvalue weighted by atomic mass is 19.1. The van der Waals surface area contributed by atoms with Gasteiger partial charge in [-0.3, -0.25) is 14.8 Å². The summed E-state index contributed by atoms with van der Waals surface area (Å²) in [6, 6.07) is 29.6. The van der Waals surface area contributed by atoms with E-state index in [4.69, 9.17) is 19.5 Å². The number of likely N-dealkylation sites (tertiary alicyclic amines) is 2. The number of amides is 2. The maximum Gasteiger partial charge on any atom is 0.410 e. The van der Waals surface area contributed by atoms with Crippen LogP contribution in [0.15, 0.2) is 108 Å². The number of anilines is 2. The van der Waals surface area contributed by atoms with Crippen LogP contribution in [-0.4, -0.2) is 81.1 Å². The first-order valence-electron chi connectivity index (χ1n) is 25.7. The fourth-order valence-electron chi connectivity index (χ4n) is 11.5. The molecule has 5 aromatic rings. The number of ether oxygens (including phenoxy) is 2. The monoisotopic (exact) mass is 964 g/mol. The molecule has 0 spiro atoms. The molecule has 4 saturated heterocycles. The summed E-state index contributed by atoms with van der Waals surface area (Å²) in [5.74, 6) is -0.0127. The molecule has 11 nitrogen and oxygen atoms in total. The summed E-state index contributed by atoms with van der Waals surface area (Å²) < 4.78 is 44.7. The van der Waals surface area contributed by atoms with Gasteiger partial charge in [-0.25, -0.2) is 23.4 Å². The Labute approximate surface area is 416 Å². The zero-order chi connectivity index (χ0) is 49.6. The van der Waals surface area contributed by atoms with Gasteiger partial charge in [0.15, 0.2) is 11.6 Å². The van der Waals surface area contributed by atoms with Crippen LogP contribution in [0.2, 0.25) is 0 Å². The Morgan fingerprint density at radius 2 is 1.18 bits per heavy atom. The number of nitrogens with zero attached hydrogens (tertiary/aromatic N) is 6. The molecule has 0 bridgehead atoms. The number of imidazole rings is 1. The lowest BCUT2D eigenvalue weighted by molar-refractivity contribution is 0.0216. The highest BCUT2D eigenvalue weighted by molar-refractivity contribution is 6.00. The summed E-state index contributed by atoms with van der Waals surface area (Å²) in [5, 5.41) is 0. The van der Waals surface area contributed by atoms with Gasteiger partial charge in [0.25, 0.3) is 0 Å². The van der Waals surface area contributed by atoms with Crippen LogP contribution >= 0.6 is 0 Å². The van der Waals surface area contributed by atoms with Crippen LogP contribution in [0, 0.1) is 11.6 Å². The number of hydrogen-bond donors (Lipinski definition) is 1. The number of aromatic nitrogens is 2. The molecule has 2 amide bonds. The summed E-state index contributed by atoms with van der Waals surface area (Å²) in [7, 11) is 0. The normalized spacial score (nSPS) is 22.0. The van der Waals surface area contributed by atoms with Crippen LogP contribution in [0.1, 0.15) is 151 Å². The van der Waals surface area contributed by atoms with Crippen LogP contribution in [0.25, 0.3) is 17.0 Å². The van der Waals surface area contributed by atoms with E-state index < -0.39 is 22.8 Å². The molecule has 4 aromatic carbocycles. The summed E-state index contributed by atoms with van der Waals surface area (Å²) in [5.41, 5.74) is 7.37. The van der Waals surface area contributed by atoms with Crippen molar-refractivity contribution in [3.8, 4) is 11.3 Å². The van der Waals surface area contributed by atoms with Gasteiger partial charge in [-0.1, -0.05) is 84.9 Å². The van der Waals surface area contributed by atoms with Gasteiger partial charge in [0.1, 0.15) is 22.7 Å². The van der Waals surface area contributed by atoms with Gasteiger partial charge in [-0.05, 0) is 139 Å². The number of allylic oxidation sites excluding steroid dienone is 1. The number of benzene rings is 4. The zero-order valence-corrected chi connectivity index (χ0v) is 42.0. The maximum absolute atomic E-state index is 16.6. The third-order valence-corrected chi connectivity index (χ3v) is 14.8. The van der Waals surface area contributed by atoms with Crippen molar-refractivity contribution in [3.05, 3.63) is 143 Å². The SMILES string of the molecule is CC(C)(C)OC(=O)N1CCCC1c1ncc(-c2ccc([C@H]3CC[C@H](c4ccc(C5=CCC([C@@H]6CCCN6C(=O)OC(C)(C)C)=N5)cc4)N3c3cc(F)c(N4CCC(c5ccccc5)CC4)c(F)c3)cc2)[nH]1. The predicted molar refractivity (Wildman–Crippen MR) is 276 cm³/mol. The number of hydrogen-bond acceptors (Lipinski definition) is 8. The highest BCUT2D eigenvalue weighted by Crippen LogP contribution is 2.49. The van der Waals surface area contributed by atoms with E-state index in [-0.39, 0.29) is 42.0 Å². The highest BCUT2D eigenvalue weighted by Gasteiger charge is 2.39. The van der Waals surface area contributed by atoms with Gasteiger partial charge in [0, 0.05) is 44.0 Å². The Balaban J connectivity index is 0.904. The van der Waals surface area contributed by atoms with Crippen molar-refractivity contribution in [3.63, 3.8) is 0 Å². The zero-order valence-electron chi connectivity index (χ0n) is 42.0. The molecule has 1 N–H and O–H groups in total. The molecule has 1 unspecified atom stereocenters. The standard InChI is InChI=1S/C58H67F2N7O4/c1-57(2,3)70-55(68)65-30-10-14-51(65)47-25-24-46(62-47)39-16-20-41(21-17-39)49-26-27-50(67(49)43-34-44(59)53(45(60)35-43)64-32-28-38(29-33-64)37-12-8-7-9-13-37)42-22-18-40(19-23-42)48-36-61-54(63-48)52-15-11-31-66(52)56(69)71-58(4,5)6/h7-9,12-13,16-24,34-36,38,49-52H,10-11,14-15,25-33H2,1-6H3,(H,61,63)/t49-,50-,51+,52?/m1/s1. The lowest BCUT2D eigenvalue weighted by Gasteiger charge is -2.36. The fourth-order valence-corrected chi connectivity index (χ4v) is 11.5. The summed E-state index contributed by atoms with van der Waals surface area (Å²) in [6.45, 7) is 13.7. The Bertz CT molecular complexity index is 2760. The molecule has 5 aliphatic rings. The number of halogens is 2. The number of rotatable bonds is 9. The Hall–Kier alpha value is -6.50. The van der Waals surface area contributed by atoms with Crippen molar-refractivity contribution < 1.29 is 27.8 Å². The molecule has 71 heavy (non-hydrogen) atoms. The van der Waals surface area contributed by atoms with Crippen LogP contribution in [0.4, 0.5) is 29.7 Å². The predicted octanol–water partition coefficient (Wildman–Crippen LogP) is 13.5. The molecular formula is C58H67F2N7O4. The minimum atomic E-state index is -0.592. The summed E-state index contributed by atoms with van der Waals surface area (Å²) in [4.78, 5) is 47.1. The Kier molecular flexibility index (Phi) is 13.3. The van der Waals surface area contributed by atoms with Gasteiger partial charge in [0.05, 0.1) is 41.8 Å². The van der Waals surface area contributed by atoms with Gasteiger partial charge in [0.2, 0.25) is 0 Å². The fraction of sp³-hybridized carbons (Fsp3) is 0.448. The first-order valence-corrected chi connectivity index (χ1v) is 25.7. The van der Waals surface area contributed by atoms with Crippen molar-refractivity contribution in [2.45, 2.75) is 141 Å². The number of H-pyrrole nitrogens is 1. The van der Waals surface area contributed by atoms with Crippen molar-refractivity contribution in [2.24, 2.45) is 4.99 Å². The second kappa shape index (κ2) is 19.6. The number of carbonyl (C=O) groups excluding carboxylic acids is 2. The van der Waals surface area contributed by atoms with Gasteiger partial charge in [-0.2, -0.15) is 0 Å². The van der Waals surface area contributed by atoms with Crippen LogP contribution in [-0.2, 0) is 9.47 Å². The quantitative estimate of drug-likeness (QED) is 0.157. The number of aromatic amines is 1. The average Bonchev–Trinajstić information content (AvgIpc) is 4.20. The van der Waals surface area contributed by atoms with E-state index in [2.05, 4.69) is 76.6 Å². The minimum Gasteiger partial charge on any atom is -0.444 e. The van der Waals surface area contributed by atoms with E-state index in [0.717, 1.165) is 96.5 Å². The average molecular weight is 964 g/mol. The number of nitrogens with one attached hydrogen (secondary N) is 1. The topological polar surface area (TPSA) is 107 Å². The van der Waals surface area contributed by atoms with Crippen molar-refractivity contribution in [1.29, 1.82) is 0 Å². The van der Waals surface area contributed by atoms with E-state index in [0.29, 0.717) is 44.2 Å². The molecule has 5 aliphatic heterocycles. The lowest BCUT2D eigenvalue weighted by atomic mass is 9.89. The van der Waals surface area contributed by atoms with Gasteiger partial charge >= 0.3 is 12.2 Å². The molecule has 1 aromatic heterocycles. The first-order chi connectivity index (χ1) is 34.1. The molecule has 10 rings (SSSR count). The smallest absolute Gasteiger partial charge is 0.410 e. The number of carbonyl (C=O) groups is 2. The third-order valence-electron chi connectivity index (χ3n) is 14.8. The maximum atomic E-state index is 16.6. The molecule has 6 heterocycles. The molecule has 4 atom stereocenters. The minimum absolute atomic E-state index is 0.0450. The van der Waals surface area contributed by atoms with Crippen molar-refractivity contribution in [1.82, 2.24) is 19.8 Å².